The average Bonchev–Trinajstić information content (AvgIpc) is 2.44. The number of benzene rings is 1. The maximum atomic E-state index is 12.1. The molecule has 0 aliphatic rings. The van der Waals surface area contributed by atoms with Crippen LogP contribution in [0.4, 0.5) is 18.9 Å². The van der Waals surface area contributed by atoms with Crippen molar-refractivity contribution in [1.29, 1.82) is 0 Å². The Morgan fingerprint density at radius 3 is 2.41 bits per heavy atom. The van der Waals surface area contributed by atoms with Crippen LogP contribution < -0.4 is 10.1 Å². The van der Waals surface area contributed by atoms with E-state index in [1.807, 2.05) is 32.9 Å². The molecule has 0 aliphatic heterocycles. The zero-order valence-corrected chi connectivity index (χ0v) is 12.7. The second kappa shape index (κ2) is 8.26. The van der Waals surface area contributed by atoms with E-state index in [1.54, 1.807) is 6.20 Å². The predicted octanol–water partition coefficient (Wildman–Crippen LogP) is 5.29. The average molecular weight is 312 g/mol. The molecule has 1 aromatic carbocycles. The first kappa shape index (κ1) is 17.8. The van der Waals surface area contributed by atoms with Crippen molar-refractivity contribution in [2.24, 2.45) is 4.99 Å². The van der Waals surface area contributed by atoms with Crippen LogP contribution in [0.5, 0.6) is 5.75 Å². The molecule has 0 heterocycles. The summed E-state index contributed by atoms with van der Waals surface area (Å²) < 4.78 is 40.2. The summed E-state index contributed by atoms with van der Waals surface area (Å²) in [5.74, 6) is -0.252. The highest BCUT2D eigenvalue weighted by molar-refractivity contribution is 6.01. The molecule has 0 saturated carbocycles. The minimum Gasteiger partial charge on any atom is -0.406 e. The Hall–Kier alpha value is -2.24. The van der Waals surface area contributed by atoms with Crippen molar-refractivity contribution in [3.63, 3.8) is 0 Å². The van der Waals surface area contributed by atoms with Crippen LogP contribution in [0.2, 0.25) is 0 Å². The second-order valence-electron chi connectivity index (χ2n) is 4.42. The largest absolute Gasteiger partial charge is 0.573 e. The van der Waals surface area contributed by atoms with E-state index >= 15 is 0 Å². The number of hydrogen-bond acceptors (Lipinski definition) is 3. The highest BCUT2D eigenvalue weighted by Crippen LogP contribution is 2.24. The van der Waals surface area contributed by atoms with Gasteiger partial charge in [-0.25, -0.2) is 0 Å². The maximum absolute atomic E-state index is 12.1. The number of ether oxygens (including phenoxy) is 1. The van der Waals surface area contributed by atoms with Gasteiger partial charge in [-0.1, -0.05) is 19.1 Å². The molecule has 120 valence electrons. The van der Waals surface area contributed by atoms with Gasteiger partial charge in [0, 0.05) is 11.9 Å². The van der Waals surface area contributed by atoms with E-state index in [0.717, 1.165) is 17.8 Å². The van der Waals surface area contributed by atoms with Gasteiger partial charge >= 0.3 is 6.36 Å². The fourth-order valence-electron chi connectivity index (χ4n) is 1.64. The first-order chi connectivity index (χ1) is 10.4. The molecule has 6 heteroatoms. The van der Waals surface area contributed by atoms with Crippen molar-refractivity contribution in [2.45, 2.75) is 33.6 Å². The third kappa shape index (κ3) is 6.47. The third-order valence-electron chi connectivity index (χ3n) is 2.58. The quantitative estimate of drug-likeness (QED) is 0.724. The Morgan fingerprint density at radius 2 is 1.91 bits per heavy atom. The van der Waals surface area contributed by atoms with E-state index in [1.165, 1.54) is 24.3 Å². The van der Waals surface area contributed by atoms with Gasteiger partial charge < -0.3 is 10.1 Å². The number of halogens is 3. The summed E-state index contributed by atoms with van der Waals surface area (Å²) in [6, 6.07) is 5.57. The topological polar surface area (TPSA) is 33.6 Å². The Morgan fingerprint density at radius 1 is 1.27 bits per heavy atom. The minimum atomic E-state index is -4.68. The lowest BCUT2D eigenvalue weighted by molar-refractivity contribution is -0.274. The van der Waals surface area contributed by atoms with Crippen LogP contribution in [0.25, 0.3) is 0 Å². The summed E-state index contributed by atoms with van der Waals surface area (Å²) in [5, 5.41) is 3.14. The van der Waals surface area contributed by atoms with Crippen LogP contribution in [0.1, 0.15) is 27.2 Å². The standard InChI is InChI=1S/C16H19F3N2O/c1-4-6-15(12(3)20-11-5-2)21-13-7-9-14(10-8-13)22-16(17,18)19/h5-11,21H,4H2,1-3H3/b11-5-,15-6-,20-12+. The third-order valence-corrected chi connectivity index (χ3v) is 2.58. The molecule has 0 spiro atoms. The second-order valence-corrected chi connectivity index (χ2v) is 4.42. The van der Waals surface area contributed by atoms with Crippen LogP contribution in [0.3, 0.4) is 0 Å². The summed E-state index contributed by atoms with van der Waals surface area (Å²) in [4.78, 5) is 4.26. The highest BCUT2D eigenvalue weighted by atomic mass is 19.4. The van der Waals surface area contributed by atoms with Gasteiger partial charge in [-0.2, -0.15) is 0 Å². The van der Waals surface area contributed by atoms with E-state index in [-0.39, 0.29) is 5.75 Å². The lowest BCUT2D eigenvalue weighted by Gasteiger charge is -2.12. The van der Waals surface area contributed by atoms with E-state index in [0.29, 0.717) is 5.69 Å². The number of nitrogens with one attached hydrogen (secondary N) is 1. The van der Waals surface area contributed by atoms with Gasteiger partial charge in [-0.15, -0.1) is 13.2 Å². The zero-order valence-electron chi connectivity index (χ0n) is 12.7. The first-order valence-corrected chi connectivity index (χ1v) is 6.84. The lowest BCUT2D eigenvalue weighted by atomic mass is 10.2. The number of hydrogen-bond donors (Lipinski definition) is 1. The van der Waals surface area contributed by atoms with Crippen molar-refractivity contribution in [1.82, 2.24) is 0 Å². The lowest BCUT2D eigenvalue weighted by Crippen LogP contribution is -2.17. The van der Waals surface area contributed by atoms with Crippen molar-refractivity contribution in [3.05, 3.63) is 48.3 Å². The normalized spacial score (nSPS) is 13.5. The summed E-state index contributed by atoms with van der Waals surface area (Å²) in [5.41, 5.74) is 2.25. The number of aliphatic imine (C=N–C) groups is 1. The van der Waals surface area contributed by atoms with Gasteiger partial charge in [-0.05, 0) is 44.5 Å². The van der Waals surface area contributed by atoms with Gasteiger partial charge in [0.15, 0.2) is 0 Å². The molecule has 22 heavy (non-hydrogen) atoms. The number of alkyl halides is 3. The van der Waals surface area contributed by atoms with Crippen molar-refractivity contribution in [3.8, 4) is 5.75 Å². The van der Waals surface area contributed by atoms with E-state index < -0.39 is 6.36 Å². The van der Waals surface area contributed by atoms with Crippen LogP contribution in [0.15, 0.2) is 53.3 Å². The number of rotatable bonds is 6. The molecule has 0 amide bonds. The molecule has 0 aromatic heterocycles. The summed E-state index contributed by atoms with van der Waals surface area (Å²) in [6.45, 7) is 5.72. The molecular weight excluding hydrogens is 293 g/mol. The molecule has 0 aliphatic carbocycles. The molecule has 0 atom stereocenters. The van der Waals surface area contributed by atoms with Crippen molar-refractivity contribution >= 4 is 11.4 Å². The smallest absolute Gasteiger partial charge is 0.406 e. The fraction of sp³-hybridized carbons (Fsp3) is 0.312. The van der Waals surface area contributed by atoms with Gasteiger partial charge in [0.2, 0.25) is 0 Å². The molecular formula is C16H19F3N2O. The summed E-state index contributed by atoms with van der Waals surface area (Å²) >= 11 is 0. The van der Waals surface area contributed by atoms with E-state index in [4.69, 9.17) is 0 Å². The Labute approximate surface area is 128 Å². The molecule has 0 bridgehead atoms. The molecule has 0 radical (unpaired) electrons. The fourth-order valence-corrected chi connectivity index (χ4v) is 1.64. The molecule has 1 N–H and O–H groups in total. The molecule has 1 aromatic rings. The Kier molecular flexibility index (Phi) is 6.69. The summed E-state index contributed by atoms with van der Waals surface area (Å²) in [6.07, 6.45) is 1.58. The predicted molar refractivity (Wildman–Crippen MR) is 83.0 cm³/mol. The summed E-state index contributed by atoms with van der Waals surface area (Å²) in [7, 11) is 0. The first-order valence-electron chi connectivity index (χ1n) is 6.84. The molecule has 0 unspecified atom stereocenters. The zero-order chi connectivity index (χ0) is 16.6. The van der Waals surface area contributed by atoms with Crippen LogP contribution in [0, 0.1) is 0 Å². The van der Waals surface area contributed by atoms with Crippen molar-refractivity contribution < 1.29 is 17.9 Å². The van der Waals surface area contributed by atoms with Gasteiger partial charge in [0.25, 0.3) is 0 Å². The monoisotopic (exact) mass is 312 g/mol. The van der Waals surface area contributed by atoms with E-state index in [9.17, 15) is 13.2 Å². The number of allylic oxidation sites excluding steroid dienone is 3. The van der Waals surface area contributed by atoms with Crippen LogP contribution >= 0.6 is 0 Å². The maximum Gasteiger partial charge on any atom is 0.573 e. The van der Waals surface area contributed by atoms with Gasteiger partial charge in [0.05, 0.1) is 11.4 Å². The van der Waals surface area contributed by atoms with Crippen LogP contribution in [-0.4, -0.2) is 12.1 Å². The van der Waals surface area contributed by atoms with E-state index in [2.05, 4.69) is 15.0 Å². The SMILES string of the molecule is C\C=C/N=C(C)/C(=C/CC)Nc1ccc(OC(F)(F)F)cc1. The molecule has 0 fully saturated rings. The van der Waals surface area contributed by atoms with Crippen molar-refractivity contribution in [2.75, 3.05) is 5.32 Å². The van der Waals surface area contributed by atoms with Gasteiger partial charge in [-0.3, -0.25) is 4.99 Å². The highest BCUT2D eigenvalue weighted by Gasteiger charge is 2.30. The molecule has 1 rings (SSSR count). The minimum absolute atomic E-state index is 0.252. The number of anilines is 1. The molecule has 3 nitrogen and oxygen atoms in total. The molecule has 0 saturated heterocycles. The van der Waals surface area contributed by atoms with Crippen LogP contribution in [-0.2, 0) is 0 Å². The Bertz CT molecular complexity index is 558. The number of nitrogens with zero attached hydrogens (tertiary/aromatic N) is 1. The Balaban J connectivity index is 2.85. The van der Waals surface area contributed by atoms with Gasteiger partial charge in [0.1, 0.15) is 5.75 Å².